The minimum Gasteiger partial charge on any atom is -0.508 e. The molecule has 2 saturated carbocycles. The normalized spacial score (nSPS) is 39.9. The maximum atomic E-state index is 12.5. The molecule has 3 aliphatic carbocycles. The Bertz CT molecular complexity index is 735. The molecule has 1 aromatic rings. The summed E-state index contributed by atoms with van der Waals surface area (Å²) in [6.45, 7) is 8.92. The van der Waals surface area contributed by atoms with Gasteiger partial charge in [-0.05, 0) is 54.6 Å². The third-order valence-corrected chi connectivity index (χ3v) is 7.97. The number of fused-ring (bicyclic) bond motifs is 5. The summed E-state index contributed by atoms with van der Waals surface area (Å²) in [5.74, 6) is 1.61. The van der Waals surface area contributed by atoms with E-state index < -0.39 is 0 Å². The third kappa shape index (κ3) is 1.76. The summed E-state index contributed by atoms with van der Waals surface area (Å²) in [6, 6.07) is 3.31. The van der Waals surface area contributed by atoms with Crippen LogP contribution >= 0.6 is 0 Å². The summed E-state index contributed by atoms with van der Waals surface area (Å²) in [5.41, 5.74) is 1.92. The lowest BCUT2D eigenvalue weighted by Crippen LogP contribution is -2.57. The van der Waals surface area contributed by atoms with Gasteiger partial charge in [0.1, 0.15) is 17.3 Å². The van der Waals surface area contributed by atoms with E-state index in [9.17, 15) is 15.0 Å². The maximum absolute atomic E-state index is 12.5. The smallest absolute Gasteiger partial charge is 0.138 e. The summed E-state index contributed by atoms with van der Waals surface area (Å²) < 4.78 is 0. The van der Waals surface area contributed by atoms with Crippen LogP contribution in [0.3, 0.4) is 0 Å². The van der Waals surface area contributed by atoms with Gasteiger partial charge in [-0.3, -0.25) is 4.79 Å². The fraction of sp³-hybridized carbons (Fsp3) is 0.667. The van der Waals surface area contributed by atoms with Gasteiger partial charge in [0.05, 0.1) is 0 Å². The van der Waals surface area contributed by atoms with Gasteiger partial charge >= 0.3 is 0 Å². The highest BCUT2D eigenvalue weighted by Gasteiger charge is 2.63. The van der Waals surface area contributed by atoms with E-state index in [2.05, 4.69) is 27.7 Å². The molecule has 0 radical (unpaired) electrons. The van der Waals surface area contributed by atoms with E-state index in [0.29, 0.717) is 24.0 Å². The van der Waals surface area contributed by atoms with Crippen LogP contribution < -0.4 is 0 Å². The molecule has 0 aromatic heterocycles. The highest BCUT2D eigenvalue weighted by atomic mass is 16.3. The van der Waals surface area contributed by atoms with E-state index in [-0.39, 0.29) is 27.7 Å². The second-order valence-corrected chi connectivity index (χ2v) is 9.42. The van der Waals surface area contributed by atoms with Crippen LogP contribution in [0.2, 0.25) is 0 Å². The van der Waals surface area contributed by atoms with Crippen LogP contribution in [0.4, 0.5) is 0 Å². The Hall–Kier alpha value is -1.51. The number of rotatable bonds is 0. The molecular formula is C21H28O3. The largest absolute Gasteiger partial charge is 0.508 e. The van der Waals surface area contributed by atoms with Crippen molar-refractivity contribution in [2.24, 2.45) is 22.7 Å². The van der Waals surface area contributed by atoms with E-state index in [0.717, 1.165) is 36.8 Å². The number of Topliss-reactive ketones (excluding diaryl/α,β-unsaturated/α-hetero) is 1. The molecule has 2 fully saturated rings. The Morgan fingerprint density at radius 3 is 2.46 bits per heavy atom. The van der Waals surface area contributed by atoms with E-state index >= 15 is 0 Å². The fourth-order valence-corrected chi connectivity index (χ4v) is 6.82. The molecule has 0 heterocycles. The lowest BCUT2D eigenvalue weighted by molar-refractivity contribution is -0.151. The summed E-state index contributed by atoms with van der Waals surface area (Å²) in [6.07, 6.45) is 4.54. The van der Waals surface area contributed by atoms with Gasteiger partial charge in [-0.1, -0.05) is 27.7 Å². The Kier molecular flexibility index (Phi) is 3.04. The molecule has 4 atom stereocenters. The zero-order chi connectivity index (χ0) is 17.5. The van der Waals surface area contributed by atoms with Gasteiger partial charge < -0.3 is 10.2 Å². The predicted molar refractivity (Wildman–Crippen MR) is 93.2 cm³/mol. The number of benzene rings is 1. The van der Waals surface area contributed by atoms with Gasteiger partial charge in [0.2, 0.25) is 0 Å². The quantitative estimate of drug-likeness (QED) is 0.745. The zero-order valence-electron chi connectivity index (χ0n) is 15.1. The number of aromatic hydroxyl groups is 2. The van der Waals surface area contributed by atoms with Gasteiger partial charge in [-0.25, -0.2) is 0 Å². The summed E-state index contributed by atoms with van der Waals surface area (Å²) in [5, 5.41) is 20.4. The Morgan fingerprint density at radius 2 is 1.75 bits per heavy atom. The molecule has 2 N–H and O–H groups in total. The van der Waals surface area contributed by atoms with Crippen molar-refractivity contribution in [1.29, 1.82) is 0 Å². The molecule has 4 rings (SSSR count). The highest BCUT2D eigenvalue weighted by Crippen LogP contribution is 2.67. The van der Waals surface area contributed by atoms with Crippen molar-refractivity contribution in [3.63, 3.8) is 0 Å². The third-order valence-electron chi connectivity index (χ3n) is 7.97. The highest BCUT2D eigenvalue weighted by molar-refractivity contribution is 5.85. The average Bonchev–Trinajstić information content (AvgIpc) is 2.77. The topological polar surface area (TPSA) is 57.5 Å². The van der Waals surface area contributed by atoms with Gasteiger partial charge in [0, 0.05) is 28.9 Å². The van der Waals surface area contributed by atoms with Crippen molar-refractivity contribution >= 4 is 5.78 Å². The first-order chi connectivity index (χ1) is 11.1. The van der Waals surface area contributed by atoms with Gasteiger partial charge in [-0.2, -0.15) is 0 Å². The Balaban J connectivity index is 1.84. The zero-order valence-corrected chi connectivity index (χ0v) is 15.1. The number of hydrogen-bond donors (Lipinski definition) is 2. The summed E-state index contributed by atoms with van der Waals surface area (Å²) in [4.78, 5) is 12.5. The number of ketones is 1. The van der Waals surface area contributed by atoms with E-state index in [4.69, 9.17) is 0 Å². The van der Waals surface area contributed by atoms with Gasteiger partial charge in [0.15, 0.2) is 0 Å². The number of phenols is 2. The minimum absolute atomic E-state index is 0.0607. The lowest BCUT2D eigenvalue weighted by atomic mass is 9.43. The van der Waals surface area contributed by atoms with Crippen LogP contribution in [0.1, 0.15) is 64.5 Å². The molecule has 3 aliphatic rings. The molecule has 130 valence electrons. The molecule has 0 aliphatic heterocycles. The van der Waals surface area contributed by atoms with Crippen LogP contribution in [-0.2, 0) is 16.6 Å². The second kappa shape index (κ2) is 4.56. The fourth-order valence-electron chi connectivity index (χ4n) is 6.82. The lowest BCUT2D eigenvalue weighted by Gasteiger charge is -2.60. The van der Waals surface area contributed by atoms with Crippen LogP contribution in [-0.4, -0.2) is 16.0 Å². The van der Waals surface area contributed by atoms with Crippen molar-refractivity contribution in [3.05, 3.63) is 23.3 Å². The van der Waals surface area contributed by atoms with Crippen LogP contribution in [0.5, 0.6) is 11.5 Å². The predicted octanol–water partition coefficient (Wildman–Crippen LogP) is 4.33. The first kappa shape index (κ1) is 16.0. The van der Waals surface area contributed by atoms with Crippen molar-refractivity contribution in [3.8, 4) is 11.5 Å². The van der Waals surface area contributed by atoms with Gasteiger partial charge in [0.25, 0.3) is 0 Å². The molecule has 0 bridgehead atoms. The molecule has 1 aromatic carbocycles. The van der Waals surface area contributed by atoms with E-state index in [1.807, 2.05) is 6.07 Å². The number of carbonyl (C=O) groups is 1. The first-order valence-corrected chi connectivity index (χ1v) is 9.19. The van der Waals surface area contributed by atoms with Crippen LogP contribution in [0, 0.1) is 22.7 Å². The second-order valence-electron chi connectivity index (χ2n) is 9.42. The molecule has 0 spiro atoms. The molecule has 24 heavy (non-hydrogen) atoms. The average molecular weight is 328 g/mol. The number of hydrogen-bond acceptors (Lipinski definition) is 3. The number of phenolic OH excluding ortho intramolecular Hbond substituents is 2. The van der Waals surface area contributed by atoms with Crippen molar-refractivity contribution in [2.75, 3.05) is 0 Å². The van der Waals surface area contributed by atoms with E-state index in [1.54, 1.807) is 0 Å². The van der Waals surface area contributed by atoms with Crippen LogP contribution in [0.15, 0.2) is 12.1 Å². The summed E-state index contributed by atoms with van der Waals surface area (Å²) in [7, 11) is 0. The monoisotopic (exact) mass is 328 g/mol. The molecule has 0 amide bonds. The minimum atomic E-state index is -0.257. The van der Waals surface area contributed by atoms with Gasteiger partial charge in [-0.15, -0.1) is 0 Å². The molecule has 0 saturated heterocycles. The SMILES string of the molecule is CC1(C)C(=O)CC[C@@]2(C)C1CC[C@@]1(C)c3c(O)cc(O)cc3C[C@@H]12. The maximum Gasteiger partial charge on any atom is 0.138 e. The first-order valence-electron chi connectivity index (χ1n) is 9.19. The van der Waals surface area contributed by atoms with Crippen molar-refractivity contribution in [1.82, 2.24) is 0 Å². The number of carbonyl (C=O) groups excluding carboxylic acids is 1. The van der Waals surface area contributed by atoms with Crippen molar-refractivity contribution in [2.45, 2.75) is 65.2 Å². The molecular weight excluding hydrogens is 300 g/mol. The molecule has 3 nitrogen and oxygen atoms in total. The molecule has 1 unspecified atom stereocenters. The summed E-state index contributed by atoms with van der Waals surface area (Å²) >= 11 is 0. The Labute approximate surface area is 144 Å². The standard InChI is InChI=1S/C21H28O3/c1-19(2)15-5-7-21(4)16(20(15,3)8-6-17(19)24)10-12-9-13(22)11-14(23)18(12)21/h9,11,15-16,22-23H,5-8,10H2,1-4H3/t15?,16-,20+,21-/m1/s1. The molecule has 3 heteroatoms. The van der Waals surface area contributed by atoms with E-state index in [1.165, 1.54) is 6.07 Å². The Morgan fingerprint density at radius 1 is 1.04 bits per heavy atom. The van der Waals surface area contributed by atoms with Crippen LogP contribution in [0.25, 0.3) is 0 Å². The van der Waals surface area contributed by atoms with Crippen molar-refractivity contribution < 1.29 is 15.0 Å².